The molecule has 2 aromatic carbocycles. The number of nitro groups is 1. The van der Waals surface area contributed by atoms with Gasteiger partial charge in [-0.25, -0.2) is 0 Å². The molecule has 25 heavy (non-hydrogen) atoms. The average Bonchev–Trinajstić information content (AvgIpc) is 2.54. The van der Waals surface area contributed by atoms with E-state index in [0.717, 1.165) is 0 Å². The molecule has 1 N–H and O–H groups in total. The summed E-state index contributed by atoms with van der Waals surface area (Å²) in [4.78, 5) is 35.6. The van der Waals surface area contributed by atoms with E-state index in [1.807, 2.05) is 0 Å². The van der Waals surface area contributed by atoms with Crippen molar-refractivity contribution in [3.63, 3.8) is 0 Å². The Kier molecular flexibility index (Phi) is 7.71. The van der Waals surface area contributed by atoms with Gasteiger partial charge >= 0.3 is 51.4 Å². The van der Waals surface area contributed by atoms with E-state index in [9.17, 15) is 24.8 Å². The number of non-ortho nitro benzene ring substituents is 1. The van der Waals surface area contributed by atoms with Gasteiger partial charge in [0, 0.05) is 43.2 Å². The number of hydrogen-bond acceptors (Lipinski definition) is 6. The second-order valence-corrected chi connectivity index (χ2v) is 5.14. The fourth-order valence-corrected chi connectivity index (χ4v) is 2.21. The molecule has 0 radical (unpaired) electrons. The zero-order valence-electron chi connectivity index (χ0n) is 14.0. The van der Waals surface area contributed by atoms with Crippen molar-refractivity contribution < 1.29 is 71.0 Å². The summed E-state index contributed by atoms with van der Waals surface area (Å²) >= 11 is 0. The van der Waals surface area contributed by atoms with Crippen molar-refractivity contribution in [2.75, 3.05) is 24.3 Å². The first kappa shape index (κ1) is 21.3. The number of aromatic carboxylic acids is 1. The topological polar surface area (TPSA) is 116 Å². The number of nitrogens with one attached hydrogen (secondary N) is 1. The summed E-state index contributed by atoms with van der Waals surface area (Å²) in [6.45, 7) is 0. The molecule has 0 fully saturated rings. The van der Waals surface area contributed by atoms with Gasteiger partial charge in [-0.2, -0.15) is 0 Å². The van der Waals surface area contributed by atoms with Gasteiger partial charge in [0.2, 0.25) is 0 Å². The molecule has 0 aliphatic heterocycles. The molecule has 0 atom stereocenters. The van der Waals surface area contributed by atoms with Crippen LogP contribution in [0.1, 0.15) is 20.7 Å². The molecule has 0 unspecified atom stereocenters. The molecular weight excluding hydrogens is 353 g/mol. The first-order chi connectivity index (χ1) is 11.3. The van der Waals surface area contributed by atoms with Gasteiger partial charge in [0.1, 0.15) is 0 Å². The molecule has 8 nitrogen and oxygen atoms in total. The van der Waals surface area contributed by atoms with E-state index in [-0.39, 0.29) is 73.9 Å². The maximum absolute atomic E-state index is 12.4. The fraction of sp³-hybridized carbons (Fsp3) is 0.125. The quantitative estimate of drug-likeness (QED) is 0.382. The third-order valence-electron chi connectivity index (χ3n) is 3.29. The van der Waals surface area contributed by atoms with Gasteiger partial charge in [-0.1, -0.05) is 12.1 Å². The zero-order chi connectivity index (χ0) is 17.9. The van der Waals surface area contributed by atoms with Crippen molar-refractivity contribution in [1.29, 1.82) is 0 Å². The minimum Gasteiger partial charge on any atom is -0.545 e. The number of anilines is 2. The Balaban J connectivity index is 0.00000312. The smallest absolute Gasteiger partial charge is 0.545 e. The Hall–Kier alpha value is -1.78. The van der Waals surface area contributed by atoms with E-state index >= 15 is 0 Å². The maximum atomic E-state index is 12.4. The Morgan fingerprint density at radius 2 is 1.76 bits per heavy atom. The van der Waals surface area contributed by atoms with Crippen molar-refractivity contribution >= 4 is 28.9 Å². The van der Waals surface area contributed by atoms with Crippen LogP contribution in [0.15, 0.2) is 42.5 Å². The number of carbonyl (C=O) groups is 2. The maximum Gasteiger partial charge on any atom is 1.00 e. The molecule has 0 aromatic heterocycles. The minimum absolute atomic E-state index is 0. The van der Waals surface area contributed by atoms with Crippen LogP contribution < -0.4 is 66.7 Å². The van der Waals surface area contributed by atoms with Gasteiger partial charge < -0.3 is 20.1 Å². The summed E-state index contributed by atoms with van der Waals surface area (Å²) in [5, 5.41) is 24.7. The monoisotopic (exact) mass is 367 g/mol. The van der Waals surface area contributed by atoms with Crippen LogP contribution in [0.2, 0.25) is 0 Å². The standard InChI is InChI=1S/C16H15N3O5.K/c1-18(2)13-8-4-7-12(14(13)16(21)22)15(20)17-10-5-3-6-11(9-10)19(23)24;/h3-9H,1-2H3,(H,17,20)(H,21,22);/q;+1/p-1. The predicted octanol–water partition coefficient (Wildman–Crippen LogP) is -1.72. The molecule has 2 rings (SSSR count). The van der Waals surface area contributed by atoms with Crippen LogP contribution in [0.3, 0.4) is 0 Å². The van der Waals surface area contributed by atoms with Crippen LogP contribution in [0.5, 0.6) is 0 Å². The number of rotatable bonds is 5. The largest absolute Gasteiger partial charge is 1.00 e. The SMILES string of the molecule is CN(C)c1cccc(C(=O)Nc2cccc([N+](=O)[O-])c2)c1C(=O)[O-].[K+]. The third kappa shape index (κ3) is 5.09. The van der Waals surface area contributed by atoms with Crippen molar-refractivity contribution in [3.05, 3.63) is 63.7 Å². The summed E-state index contributed by atoms with van der Waals surface area (Å²) in [6, 6.07) is 9.81. The fourth-order valence-electron chi connectivity index (χ4n) is 2.21. The predicted molar refractivity (Wildman–Crippen MR) is 86.1 cm³/mol. The normalized spacial score (nSPS) is 9.68. The van der Waals surface area contributed by atoms with Crippen molar-refractivity contribution in [2.45, 2.75) is 0 Å². The van der Waals surface area contributed by atoms with Crippen LogP contribution in [-0.4, -0.2) is 30.9 Å². The molecule has 0 saturated heterocycles. The molecule has 124 valence electrons. The Morgan fingerprint density at radius 1 is 1.12 bits per heavy atom. The van der Waals surface area contributed by atoms with Gasteiger partial charge in [-0.15, -0.1) is 0 Å². The molecule has 0 bridgehead atoms. The first-order valence-electron chi connectivity index (χ1n) is 6.88. The molecule has 0 aliphatic carbocycles. The summed E-state index contributed by atoms with van der Waals surface area (Å²) in [7, 11) is 3.29. The number of nitro benzene ring substituents is 1. The number of benzene rings is 2. The number of carboxylic acid groups (broad SMARTS) is 1. The number of hydrogen-bond donors (Lipinski definition) is 1. The van der Waals surface area contributed by atoms with E-state index in [4.69, 9.17) is 0 Å². The van der Waals surface area contributed by atoms with E-state index in [0.29, 0.717) is 5.69 Å². The summed E-state index contributed by atoms with van der Waals surface area (Å²) in [6.07, 6.45) is 0. The van der Waals surface area contributed by atoms with E-state index in [1.165, 1.54) is 30.3 Å². The summed E-state index contributed by atoms with van der Waals surface area (Å²) in [5.41, 5.74) is -0.0106. The second-order valence-electron chi connectivity index (χ2n) is 5.14. The van der Waals surface area contributed by atoms with Crippen molar-refractivity contribution in [3.8, 4) is 0 Å². The van der Waals surface area contributed by atoms with Crippen LogP contribution in [-0.2, 0) is 0 Å². The second kappa shape index (κ2) is 9.06. The van der Waals surface area contributed by atoms with Gasteiger partial charge in [0.15, 0.2) is 0 Å². The zero-order valence-corrected chi connectivity index (χ0v) is 17.1. The number of carboxylic acids is 1. The number of amides is 1. The van der Waals surface area contributed by atoms with Crippen LogP contribution in [0.25, 0.3) is 0 Å². The van der Waals surface area contributed by atoms with Gasteiger partial charge in [-0.3, -0.25) is 14.9 Å². The molecule has 0 spiro atoms. The number of carbonyl (C=O) groups excluding carboxylic acids is 2. The molecule has 9 heteroatoms. The van der Waals surface area contributed by atoms with Crippen LogP contribution >= 0.6 is 0 Å². The molecule has 1 amide bonds. The van der Waals surface area contributed by atoms with Crippen molar-refractivity contribution in [1.82, 2.24) is 0 Å². The van der Waals surface area contributed by atoms with Gasteiger partial charge in [0.25, 0.3) is 11.6 Å². The molecule has 2 aromatic rings. The Morgan fingerprint density at radius 3 is 2.32 bits per heavy atom. The van der Waals surface area contributed by atoms with E-state index < -0.39 is 16.8 Å². The van der Waals surface area contributed by atoms with Gasteiger partial charge in [-0.05, 0) is 18.2 Å². The van der Waals surface area contributed by atoms with Crippen LogP contribution in [0, 0.1) is 10.1 Å². The Bertz CT molecular complexity index is 823. The van der Waals surface area contributed by atoms with Gasteiger partial charge in [0.05, 0.1) is 16.5 Å². The van der Waals surface area contributed by atoms with Crippen LogP contribution in [0.4, 0.5) is 17.1 Å². The molecule has 0 aliphatic rings. The third-order valence-corrected chi connectivity index (χ3v) is 3.29. The summed E-state index contributed by atoms with van der Waals surface area (Å²) in [5.74, 6) is -2.18. The average molecular weight is 367 g/mol. The number of nitrogens with zero attached hydrogens (tertiary/aromatic N) is 2. The Labute approximate surface area is 186 Å². The molecular formula is C16H14KN3O5. The first-order valence-corrected chi connectivity index (χ1v) is 6.88. The van der Waals surface area contributed by atoms with E-state index in [2.05, 4.69) is 5.32 Å². The molecule has 0 saturated carbocycles. The van der Waals surface area contributed by atoms with E-state index in [1.54, 1.807) is 31.1 Å². The van der Waals surface area contributed by atoms with Crippen molar-refractivity contribution in [2.24, 2.45) is 0 Å². The molecule has 0 heterocycles. The minimum atomic E-state index is -1.48. The summed E-state index contributed by atoms with van der Waals surface area (Å²) < 4.78 is 0.